The SMILES string of the molecule is O=C1C=C(Cl)C(=O)C(NC2CCCCC2)=C1Cl. The van der Waals surface area contributed by atoms with E-state index in [1.807, 2.05) is 0 Å². The molecule has 2 aliphatic rings. The van der Waals surface area contributed by atoms with Crippen LogP contribution in [0.1, 0.15) is 32.1 Å². The minimum absolute atomic E-state index is 0.0510. The first-order chi connectivity index (χ1) is 8.09. The van der Waals surface area contributed by atoms with E-state index in [9.17, 15) is 9.59 Å². The quantitative estimate of drug-likeness (QED) is 0.787. The second kappa shape index (κ2) is 5.23. The number of halogens is 2. The van der Waals surface area contributed by atoms with Gasteiger partial charge in [-0.1, -0.05) is 42.5 Å². The molecule has 92 valence electrons. The molecule has 0 unspecified atom stereocenters. The van der Waals surface area contributed by atoms with Crippen molar-refractivity contribution in [2.24, 2.45) is 0 Å². The molecule has 0 aliphatic heterocycles. The Hall–Kier alpha value is -0.800. The fraction of sp³-hybridized carbons (Fsp3) is 0.500. The maximum absolute atomic E-state index is 11.8. The predicted octanol–water partition coefficient (Wildman–Crippen LogP) is 2.63. The zero-order chi connectivity index (χ0) is 12.4. The third-order valence-electron chi connectivity index (χ3n) is 3.09. The van der Waals surface area contributed by atoms with E-state index in [1.54, 1.807) is 0 Å². The van der Waals surface area contributed by atoms with E-state index in [0.717, 1.165) is 31.8 Å². The van der Waals surface area contributed by atoms with Gasteiger partial charge in [0.15, 0.2) is 0 Å². The fourth-order valence-corrected chi connectivity index (χ4v) is 2.55. The third-order valence-corrected chi connectivity index (χ3v) is 3.75. The first-order valence-electron chi connectivity index (χ1n) is 5.72. The summed E-state index contributed by atoms with van der Waals surface area (Å²) in [6, 6.07) is 0.215. The monoisotopic (exact) mass is 273 g/mol. The summed E-state index contributed by atoms with van der Waals surface area (Å²) < 4.78 is 0. The standard InChI is InChI=1S/C12H13Cl2NO2/c13-8-6-9(16)10(14)11(12(8)17)15-7-4-2-1-3-5-7/h6-7,15H,1-5H2. The summed E-state index contributed by atoms with van der Waals surface area (Å²) in [4.78, 5) is 23.3. The highest BCUT2D eigenvalue weighted by Gasteiger charge is 2.28. The molecule has 0 spiro atoms. The minimum atomic E-state index is -0.408. The number of Topliss-reactive ketones (excluding diaryl/α,β-unsaturated/α-hetero) is 1. The summed E-state index contributed by atoms with van der Waals surface area (Å²) in [6.07, 6.45) is 6.55. The number of carbonyl (C=O) groups is 2. The fourth-order valence-electron chi connectivity index (χ4n) is 2.17. The molecule has 0 bridgehead atoms. The molecule has 0 atom stereocenters. The Morgan fingerprint density at radius 2 is 1.76 bits per heavy atom. The van der Waals surface area contributed by atoms with Crippen LogP contribution >= 0.6 is 23.2 Å². The summed E-state index contributed by atoms with van der Waals surface area (Å²) in [5.41, 5.74) is 0.163. The third kappa shape index (κ3) is 2.72. The van der Waals surface area contributed by atoms with Crippen LogP contribution < -0.4 is 5.32 Å². The zero-order valence-electron chi connectivity index (χ0n) is 9.26. The molecule has 0 aromatic rings. The summed E-state index contributed by atoms with van der Waals surface area (Å²) in [5.74, 6) is -0.795. The van der Waals surface area contributed by atoms with Gasteiger partial charge in [0, 0.05) is 12.1 Å². The van der Waals surface area contributed by atoms with Crippen LogP contribution in [0, 0.1) is 0 Å². The molecule has 0 heterocycles. The smallest absolute Gasteiger partial charge is 0.221 e. The first-order valence-corrected chi connectivity index (χ1v) is 6.47. The zero-order valence-corrected chi connectivity index (χ0v) is 10.8. The van der Waals surface area contributed by atoms with Gasteiger partial charge in [0.05, 0.1) is 5.03 Å². The van der Waals surface area contributed by atoms with E-state index in [0.29, 0.717) is 0 Å². The number of ketones is 2. The van der Waals surface area contributed by atoms with Gasteiger partial charge in [-0.15, -0.1) is 0 Å². The van der Waals surface area contributed by atoms with Crippen molar-refractivity contribution < 1.29 is 9.59 Å². The number of nitrogens with one attached hydrogen (secondary N) is 1. The lowest BCUT2D eigenvalue weighted by molar-refractivity contribution is -0.115. The molecule has 1 N–H and O–H groups in total. The first kappa shape index (κ1) is 12.7. The maximum atomic E-state index is 11.8. The highest BCUT2D eigenvalue weighted by molar-refractivity contribution is 6.54. The lowest BCUT2D eigenvalue weighted by Crippen LogP contribution is -2.36. The Morgan fingerprint density at radius 3 is 2.41 bits per heavy atom. The van der Waals surface area contributed by atoms with Crippen LogP contribution in [0.15, 0.2) is 21.8 Å². The normalized spacial score (nSPS) is 22.8. The van der Waals surface area contributed by atoms with Crippen molar-refractivity contribution in [1.29, 1.82) is 0 Å². The van der Waals surface area contributed by atoms with Crippen LogP contribution in [0.25, 0.3) is 0 Å². The van der Waals surface area contributed by atoms with Crippen molar-refractivity contribution in [3.05, 3.63) is 21.8 Å². The molecule has 1 saturated carbocycles. The van der Waals surface area contributed by atoms with E-state index in [-0.39, 0.29) is 27.6 Å². The maximum Gasteiger partial charge on any atom is 0.221 e. The number of carbonyl (C=O) groups excluding carboxylic acids is 2. The highest BCUT2D eigenvalue weighted by Crippen LogP contribution is 2.25. The van der Waals surface area contributed by atoms with Gasteiger partial charge >= 0.3 is 0 Å². The average Bonchev–Trinajstić information content (AvgIpc) is 2.33. The second-order valence-corrected chi connectivity index (χ2v) is 5.14. The number of rotatable bonds is 2. The van der Waals surface area contributed by atoms with Gasteiger partial charge in [0.2, 0.25) is 11.6 Å². The molecule has 0 saturated heterocycles. The number of hydrogen-bond donors (Lipinski definition) is 1. The lowest BCUT2D eigenvalue weighted by Gasteiger charge is -2.26. The topological polar surface area (TPSA) is 46.2 Å². The Balaban J connectivity index is 2.15. The van der Waals surface area contributed by atoms with Crippen molar-refractivity contribution in [3.8, 4) is 0 Å². The van der Waals surface area contributed by atoms with Crippen LogP contribution in [0.5, 0.6) is 0 Å². The van der Waals surface area contributed by atoms with E-state index in [4.69, 9.17) is 23.2 Å². The molecule has 0 aromatic heterocycles. The summed E-state index contributed by atoms with van der Waals surface area (Å²) >= 11 is 11.6. The van der Waals surface area contributed by atoms with Crippen molar-refractivity contribution in [3.63, 3.8) is 0 Å². The van der Waals surface area contributed by atoms with E-state index in [1.165, 1.54) is 6.42 Å². The molecular weight excluding hydrogens is 261 g/mol. The molecule has 0 radical (unpaired) electrons. The number of hydrogen-bond acceptors (Lipinski definition) is 3. The van der Waals surface area contributed by atoms with Gasteiger partial charge in [-0.2, -0.15) is 0 Å². The minimum Gasteiger partial charge on any atom is -0.378 e. The average molecular weight is 274 g/mol. The van der Waals surface area contributed by atoms with Gasteiger partial charge in [-0.25, -0.2) is 0 Å². The highest BCUT2D eigenvalue weighted by atomic mass is 35.5. The molecular formula is C12H13Cl2NO2. The second-order valence-electron chi connectivity index (χ2n) is 4.35. The Kier molecular flexibility index (Phi) is 3.89. The van der Waals surface area contributed by atoms with Crippen molar-refractivity contribution in [1.82, 2.24) is 5.32 Å². The summed E-state index contributed by atoms with van der Waals surface area (Å²) in [7, 11) is 0. The van der Waals surface area contributed by atoms with Gasteiger partial charge < -0.3 is 5.32 Å². The van der Waals surface area contributed by atoms with Gasteiger partial charge in [0.25, 0.3) is 0 Å². The number of allylic oxidation sites excluding steroid dienone is 3. The summed E-state index contributed by atoms with van der Waals surface area (Å²) in [5, 5.41) is 2.95. The van der Waals surface area contributed by atoms with Crippen LogP contribution in [0.4, 0.5) is 0 Å². The molecule has 0 aromatic carbocycles. The van der Waals surface area contributed by atoms with Crippen LogP contribution in [0.2, 0.25) is 0 Å². The lowest BCUT2D eigenvalue weighted by atomic mass is 9.94. The van der Waals surface area contributed by atoms with Crippen LogP contribution in [-0.4, -0.2) is 17.6 Å². The van der Waals surface area contributed by atoms with Crippen LogP contribution in [0.3, 0.4) is 0 Å². The summed E-state index contributed by atoms with van der Waals surface area (Å²) in [6.45, 7) is 0. The van der Waals surface area contributed by atoms with Crippen molar-refractivity contribution in [2.75, 3.05) is 0 Å². The Labute approximate surface area is 110 Å². The molecule has 2 rings (SSSR count). The van der Waals surface area contributed by atoms with E-state index >= 15 is 0 Å². The van der Waals surface area contributed by atoms with Crippen molar-refractivity contribution in [2.45, 2.75) is 38.1 Å². The Bertz CT molecular complexity index is 420. The molecule has 2 aliphatic carbocycles. The molecule has 17 heavy (non-hydrogen) atoms. The molecule has 3 nitrogen and oxygen atoms in total. The van der Waals surface area contributed by atoms with E-state index in [2.05, 4.69) is 5.32 Å². The van der Waals surface area contributed by atoms with Gasteiger partial charge in [0.1, 0.15) is 10.7 Å². The molecule has 0 amide bonds. The van der Waals surface area contributed by atoms with Crippen LogP contribution in [-0.2, 0) is 9.59 Å². The Morgan fingerprint density at radius 1 is 1.12 bits per heavy atom. The largest absolute Gasteiger partial charge is 0.378 e. The van der Waals surface area contributed by atoms with Crippen molar-refractivity contribution >= 4 is 34.8 Å². The molecule has 5 heteroatoms. The predicted molar refractivity (Wildman–Crippen MR) is 66.8 cm³/mol. The van der Waals surface area contributed by atoms with Gasteiger partial charge in [-0.3, -0.25) is 9.59 Å². The van der Waals surface area contributed by atoms with E-state index < -0.39 is 5.78 Å². The van der Waals surface area contributed by atoms with Gasteiger partial charge in [-0.05, 0) is 12.8 Å². The molecule has 1 fully saturated rings.